The fourth-order valence-electron chi connectivity index (χ4n) is 2.61. The quantitative estimate of drug-likeness (QED) is 0.366. The van der Waals surface area contributed by atoms with Crippen LogP contribution in [-0.2, 0) is 16.2 Å². The monoisotopic (exact) mass is 394 g/mol. The average Bonchev–Trinajstić information content (AvgIpc) is 2.92. The zero-order valence-electron chi connectivity index (χ0n) is 16.2. The Morgan fingerprint density at radius 3 is 2.69 bits per heavy atom. The van der Waals surface area contributed by atoms with E-state index in [9.17, 15) is 5.26 Å². The van der Waals surface area contributed by atoms with Gasteiger partial charge in [0.15, 0.2) is 0 Å². The van der Waals surface area contributed by atoms with Gasteiger partial charge in [0.1, 0.15) is 23.6 Å². The highest BCUT2D eigenvalue weighted by Gasteiger charge is 2.18. The molecule has 142 valence electrons. The number of pyridine rings is 1. The predicted molar refractivity (Wildman–Crippen MR) is 109 cm³/mol. The second kappa shape index (κ2) is 8.87. The van der Waals surface area contributed by atoms with Gasteiger partial charge in [0, 0.05) is 41.6 Å². The van der Waals surface area contributed by atoms with Crippen molar-refractivity contribution in [2.24, 2.45) is 0 Å². The largest absolute Gasteiger partial charge is 0.383 e. The van der Waals surface area contributed by atoms with Crippen LogP contribution in [0.2, 0.25) is 30.8 Å². The highest BCUT2D eigenvalue weighted by molar-refractivity contribution is 6.76. The Hall–Kier alpha value is -1.59. The molecule has 0 amide bonds. The smallest absolute Gasteiger partial charge is 0.147 e. The second-order valence-corrected chi connectivity index (χ2v) is 13.6. The van der Waals surface area contributed by atoms with Crippen LogP contribution in [0.3, 0.4) is 0 Å². The van der Waals surface area contributed by atoms with Crippen molar-refractivity contribution in [2.45, 2.75) is 32.4 Å². The maximum absolute atomic E-state index is 9.58. The summed E-state index contributed by atoms with van der Waals surface area (Å²) in [5, 5.41) is 10.8. The normalized spacial score (nSPS) is 11.7. The average molecular weight is 395 g/mol. The fraction of sp³-hybridized carbons (Fsp3) is 0.556. The molecule has 2 heterocycles. The lowest BCUT2D eigenvalue weighted by Crippen LogP contribution is -2.22. The molecule has 0 atom stereocenters. The van der Waals surface area contributed by atoms with Crippen molar-refractivity contribution >= 4 is 36.4 Å². The Labute approximate surface area is 161 Å². The minimum Gasteiger partial charge on any atom is -0.383 e. The number of fused-ring (bicyclic) bond motifs is 1. The Balaban J connectivity index is 2.32. The van der Waals surface area contributed by atoms with Crippen molar-refractivity contribution < 1.29 is 9.47 Å². The molecular formula is C18H27ClN4O2Si. The van der Waals surface area contributed by atoms with Gasteiger partial charge in [-0.1, -0.05) is 31.2 Å². The third-order valence-corrected chi connectivity index (χ3v) is 6.06. The van der Waals surface area contributed by atoms with Gasteiger partial charge in [0.25, 0.3) is 0 Å². The molecule has 0 bridgehead atoms. The number of nitrogens with zero attached hydrogens (tertiary/aromatic N) is 4. The number of halogens is 1. The summed E-state index contributed by atoms with van der Waals surface area (Å²) in [5.74, 6) is 0. The van der Waals surface area contributed by atoms with E-state index in [2.05, 4.69) is 30.7 Å². The zero-order valence-corrected chi connectivity index (χ0v) is 17.9. The third-order valence-electron chi connectivity index (χ3n) is 4.16. The molecule has 0 unspecified atom stereocenters. The van der Waals surface area contributed by atoms with E-state index in [1.807, 2.05) is 16.5 Å². The highest BCUT2D eigenvalue weighted by atomic mass is 35.5. The van der Waals surface area contributed by atoms with Crippen LogP contribution in [0.25, 0.3) is 11.0 Å². The molecule has 6 nitrogen and oxygen atoms in total. The van der Waals surface area contributed by atoms with Gasteiger partial charge in [0.05, 0.1) is 23.2 Å². The molecule has 0 saturated carbocycles. The molecule has 26 heavy (non-hydrogen) atoms. The first-order chi connectivity index (χ1) is 12.3. The molecule has 0 N–H and O–H groups in total. The van der Waals surface area contributed by atoms with Crippen LogP contribution in [0.5, 0.6) is 0 Å². The number of rotatable bonds is 9. The van der Waals surface area contributed by atoms with Crippen LogP contribution in [-0.4, -0.2) is 51.5 Å². The van der Waals surface area contributed by atoms with Gasteiger partial charge in [-0.25, -0.2) is 4.98 Å². The molecule has 0 aliphatic rings. The predicted octanol–water partition coefficient (Wildman–Crippen LogP) is 3.96. The molecule has 0 radical (unpaired) electrons. The summed E-state index contributed by atoms with van der Waals surface area (Å²) in [6.45, 7) is 9.29. The summed E-state index contributed by atoms with van der Waals surface area (Å²) in [7, 11) is 2.48. The number of likely N-dealkylation sites (N-methyl/N-ethyl adjacent to an activating group) is 1. The van der Waals surface area contributed by atoms with Gasteiger partial charge in [-0.2, -0.15) is 5.26 Å². The van der Waals surface area contributed by atoms with Crippen LogP contribution in [0.4, 0.5) is 5.69 Å². The van der Waals surface area contributed by atoms with Crippen molar-refractivity contribution in [3.63, 3.8) is 0 Å². The minimum atomic E-state index is -1.14. The van der Waals surface area contributed by atoms with Crippen molar-refractivity contribution in [3.05, 3.63) is 23.0 Å². The van der Waals surface area contributed by atoms with Gasteiger partial charge < -0.3 is 18.9 Å². The summed E-state index contributed by atoms with van der Waals surface area (Å²) in [4.78, 5) is 6.47. The number of aromatic nitrogens is 2. The molecule has 2 aromatic rings. The first-order valence-electron chi connectivity index (χ1n) is 8.64. The van der Waals surface area contributed by atoms with Crippen molar-refractivity contribution in [1.29, 1.82) is 5.26 Å². The van der Waals surface area contributed by atoms with E-state index in [0.717, 1.165) is 17.1 Å². The Kier molecular flexibility index (Phi) is 7.06. The SMILES string of the molecule is COCCN(C)c1cc(Cl)nc2c1c(C#N)cn2COCC[Si](C)(C)C. The summed E-state index contributed by atoms with van der Waals surface area (Å²) in [6.07, 6.45) is 1.79. The number of hydrogen-bond donors (Lipinski definition) is 0. The minimum absolute atomic E-state index is 0.358. The van der Waals surface area contributed by atoms with E-state index in [4.69, 9.17) is 21.1 Å². The molecule has 0 aliphatic carbocycles. The standard InChI is InChI=1S/C18H27ClN4O2Si/c1-22(6-7-24-2)15-10-16(19)21-18-17(15)14(11-20)12-23(18)13-25-8-9-26(3,4)5/h10,12H,6-9,13H2,1-5H3. The van der Waals surface area contributed by atoms with E-state index in [0.29, 0.717) is 42.9 Å². The summed E-state index contributed by atoms with van der Waals surface area (Å²) < 4.78 is 12.9. The lowest BCUT2D eigenvalue weighted by atomic mass is 10.2. The van der Waals surface area contributed by atoms with Crippen molar-refractivity contribution in [1.82, 2.24) is 9.55 Å². The maximum Gasteiger partial charge on any atom is 0.147 e. The van der Waals surface area contributed by atoms with E-state index in [1.165, 1.54) is 0 Å². The highest BCUT2D eigenvalue weighted by Crippen LogP contribution is 2.32. The van der Waals surface area contributed by atoms with Crippen LogP contribution < -0.4 is 4.90 Å². The molecule has 0 spiro atoms. The van der Waals surface area contributed by atoms with Crippen LogP contribution in [0.15, 0.2) is 12.3 Å². The zero-order chi connectivity index (χ0) is 19.3. The molecule has 0 saturated heterocycles. The van der Waals surface area contributed by atoms with E-state index in [-0.39, 0.29) is 0 Å². The maximum atomic E-state index is 9.58. The Morgan fingerprint density at radius 1 is 1.35 bits per heavy atom. The van der Waals surface area contributed by atoms with Crippen molar-refractivity contribution in [3.8, 4) is 6.07 Å². The van der Waals surface area contributed by atoms with Gasteiger partial charge in [0.2, 0.25) is 0 Å². The van der Waals surface area contributed by atoms with E-state index < -0.39 is 8.07 Å². The first-order valence-corrected chi connectivity index (χ1v) is 12.7. The van der Waals surface area contributed by atoms with E-state index >= 15 is 0 Å². The first kappa shape index (κ1) is 20.7. The fourth-order valence-corrected chi connectivity index (χ4v) is 3.55. The Morgan fingerprint density at radius 2 is 2.08 bits per heavy atom. The van der Waals surface area contributed by atoms with Gasteiger partial charge >= 0.3 is 0 Å². The van der Waals surface area contributed by atoms with Crippen molar-refractivity contribution in [2.75, 3.05) is 38.8 Å². The number of hydrogen-bond acceptors (Lipinski definition) is 5. The van der Waals surface area contributed by atoms with Gasteiger partial charge in [-0.05, 0) is 12.1 Å². The number of ether oxygens (including phenoxy) is 2. The summed E-state index contributed by atoms with van der Waals surface area (Å²) >= 11 is 6.25. The second-order valence-electron chi connectivity index (χ2n) is 7.55. The van der Waals surface area contributed by atoms with Crippen LogP contribution in [0, 0.1) is 11.3 Å². The lowest BCUT2D eigenvalue weighted by Gasteiger charge is -2.20. The summed E-state index contributed by atoms with van der Waals surface area (Å²) in [6, 6.07) is 5.15. The topological polar surface area (TPSA) is 63.3 Å². The molecule has 2 rings (SSSR count). The number of nitriles is 1. The van der Waals surface area contributed by atoms with E-state index in [1.54, 1.807) is 19.4 Å². The van der Waals surface area contributed by atoms with Crippen LogP contribution in [0.1, 0.15) is 5.56 Å². The molecule has 8 heteroatoms. The molecular weight excluding hydrogens is 368 g/mol. The van der Waals surface area contributed by atoms with Crippen LogP contribution >= 0.6 is 11.6 Å². The van der Waals surface area contributed by atoms with Gasteiger partial charge in [-0.3, -0.25) is 0 Å². The Bertz CT molecular complexity index is 795. The number of methoxy groups -OCH3 is 1. The molecule has 0 aliphatic heterocycles. The number of anilines is 1. The molecule has 2 aromatic heterocycles. The third kappa shape index (κ3) is 5.21. The lowest BCUT2D eigenvalue weighted by molar-refractivity contribution is 0.0898. The molecule has 0 fully saturated rings. The molecule has 0 aromatic carbocycles. The summed E-state index contributed by atoms with van der Waals surface area (Å²) in [5.41, 5.74) is 2.10. The van der Waals surface area contributed by atoms with Gasteiger partial charge in [-0.15, -0.1) is 0 Å².